The minimum absolute atomic E-state index is 0.0310. The molecule has 4 aliphatic rings. The number of hydrogen-bond donors (Lipinski definition) is 5. The molecule has 10 atom stereocenters. The Balaban J connectivity index is 1.56. The zero-order chi connectivity index (χ0) is 42.6. The molecule has 58 heavy (non-hydrogen) atoms. The number of likely N-dealkylation sites (N-methyl/N-ethyl adjacent to an activating group) is 1. The molecule has 15 nitrogen and oxygen atoms in total. The first-order valence-corrected chi connectivity index (χ1v) is 19.7. The van der Waals surface area contributed by atoms with Gasteiger partial charge >= 0.3 is 11.8 Å². The molecule has 1 saturated heterocycles. The maximum atomic E-state index is 14.7. The number of aromatic hydroxyl groups is 2. The van der Waals surface area contributed by atoms with Gasteiger partial charge in [-0.15, -0.1) is 0 Å². The van der Waals surface area contributed by atoms with Crippen LogP contribution in [0.25, 0.3) is 10.8 Å². The summed E-state index contributed by atoms with van der Waals surface area (Å²) in [5, 5.41) is 49.8. The van der Waals surface area contributed by atoms with E-state index in [1.54, 1.807) is 65.8 Å². The van der Waals surface area contributed by atoms with Crippen molar-refractivity contribution in [1.82, 2.24) is 4.90 Å². The highest BCUT2D eigenvalue weighted by Gasteiger charge is 2.50. The first-order chi connectivity index (χ1) is 27.3. The molecule has 0 aromatic heterocycles. The number of hydrogen-bond acceptors (Lipinski definition) is 14. The summed E-state index contributed by atoms with van der Waals surface area (Å²) in [5.41, 5.74) is -0.298. The van der Waals surface area contributed by atoms with Crippen LogP contribution in [-0.4, -0.2) is 113 Å². The molecule has 5 N–H and O–H groups in total. The van der Waals surface area contributed by atoms with Crippen LogP contribution in [0.15, 0.2) is 46.1 Å². The van der Waals surface area contributed by atoms with E-state index in [4.69, 9.17) is 28.9 Å². The number of ether oxygens (including phenoxy) is 4. The number of carbonyl (C=O) groups is 3. The maximum Gasteiger partial charge on any atom is 0.312 e. The number of anilines is 1. The van der Waals surface area contributed by atoms with Gasteiger partial charge in [-0.25, -0.2) is 0 Å². The molecule has 0 saturated carbocycles. The zero-order valence-corrected chi connectivity index (χ0v) is 34.8. The van der Waals surface area contributed by atoms with Crippen LogP contribution in [0, 0.1) is 30.6 Å². The van der Waals surface area contributed by atoms with Crippen LogP contribution < -0.4 is 20.8 Å². The van der Waals surface area contributed by atoms with E-state index in [-0.39, 0.29) is 61.9 Å². The second-order valence-electron chi connectivity index (χ2n) is 16.7. The van der Waals surface area contributed by atoms with E-state index in [0.717, 1.165) is 6.54 Å². The molecule has 1 spiro atoms. The lowest BCUT2D eigenvalue weighted by Crippen LogP contribution is -2.46. The van der Waals surface area contributed by atoms with Gasteiger partial charge in [0.2, 0.25) is 0 Å². The van der Waals surface area contributed by atoms with E-state index < -0.39 is 82.8 Å². The third-order valence-electron chi connectivity index (χ3n) is 12.4. The third-order valence-corrected chi connectivity index (χ3v) is 12.4. The number of benzene rings is 2. The van der Waals surface area contributed by atoms with Gasteiger partial charge in [0.15, 0.2) is 5.75 Å². The van der Waals surface area contributed by atoms with E-state index in [0.29, 0.717) is 13.0 Å². The normalized spacial score (nSPS) is 35.3. The SMILES string of the molecule is CO[C@@H]1/C=C/O[C@@]2(C)Oc3c(C)c(O)c4c(O)c(c5c(c4c3C2=O)=NC2(CCN(C)C2)CN=5)NC(=O)/C(C)=C/C=C/[C@H](C)[C@@H](O)[C@H](C)[C@H](O)[C@@H](C)[C@H](OC(C)=O)C1C. The molecule has 4 bridgehead atoms. The highest BCUT2D eigenvalue weighted by Crippen LogP contribution is 2.49. The van der Waals surface area contributed by atoms with Gasteiger partial charge in [0.05, 0.1) is 53.0 Å². The van der Waals surface area contributed by atoms with Crippen LogP contribution in [0.3, 0.4) is 0 Å². The first kappa shape index (κ1) is 42.8. The van der Waals surface area contributed by atoms with E-state index >= 15 is 0 Å². The summed E-state index contributed by atoms with van der Waals surface area (Å²) in [6, 6.07) is 0. The van der Waals surface area contributed by atoms with Crippen molar-refractivity contribution in [2.75, 3.05) is 39.1 Å². The van der Waals surface area contributed by atoms with E-state index in [2.05, 4.69) is 10.2 Å². The first-order valence-electron chi connectivity index (χ1n) is 19.7. The van der Waals surface area contributed by atoms with E-state index in [9.17, 15) is 34.8 Å². The summed E-state index contributed by atoms with van der Waals surface area (Å²) in [7, 11) is 3.44. The number of fused-ring (bicyclic) bond motifs is 1. The Bertz CT molecular complexity index is 2240. The topological polar surface area (TPSA) is 209 Å². The number of allylic oxidation sites excluding steroid dienone is 2. The molecule has 1 fully saturated rings. The number of phenols is 2. The van der Waals surface area contributed by atoms with Crippen LogP contribution in [-0.2, 0) is 23.8 Å². The summed E-state index contributed by atoms with van der Waals surface area (Å²) < 4.78 is 23.9. The largest absolute Gasteiger partial charge is 0.507 e. The lowest BCUT2D eigenvalue weighted by molar-refractivity contribution is -0.160. The Kier molecular flexibility index (Phi) is 11.9. The van der Waals surface area contributed by atoms with Crippen molar-refractivity contribution >= 4 is 34.1 Å². The molecule has 2 aromatic rings. The van der Waals surface area contributed by atoms with Crippen molar-refractivity contribution in [2.24, 2.45) is 33.7 Å². The molecule has 1 amide bonds. The van der Waals surface area contributed by atoms with E-state index in [1.165, 1.54) is 27.2 Å². The monoisotopic (exact) mass is 804 g/mol. The van der Waals surface area contributed by atoms with Gasteiger partial charge in [0, 0.05) is 74.2 Å². The van der Waals surface area contributed by atoms with Crippen molar-refractivity contribution < 1.29 is 53.8 Å². The molecule has 0 aliphatic carbocycles. The van der Waals surface area contributed by atoms with Crippen molar-refractivity contribution in [3.8, 4) is 17.2 Å². The van der Waals surface area contributed by atoms with Crippen LogP contribution in [0.2, 0.25) is 0 Å². The smallest absolute Gasteiger partial charge is 0.312 e. The fraction of sp³-hybridized carbons (Fsp3) is 0.558. The summed E-state index contributed by atoms with van der Waals surface area (Å²) >= 11 is 0. The number of esters is 1. The second-order valence-corrected chi connectivity index (χ2v) is 16.7. The molecule has 2 unspecified atom stereocenters. The van der Waals surface area contributed by atoms with Crippen LogP contribution in [0.1, 0.15) is 70.8 Å². The fourth-order valence-corrected chi connectivity index (χ4v) is 8.75. The molecule has 0 radical (unpaired) electrons. The lowest BCUT2D eigenvalue weighted by atomic mass is 9.78. The molecule has 4 heterocycles. The highest BCUT2D eigenvalue weighted by atomic mass is 16.7. The number of phenolic OH excluding ortho intramolecular Hbond substituents is 2. The fourth-order valence-electron chi connectivity index (χ4n) is 8.75. The number of ketones is 1. The number of nitrogens with one attached hydrogen (secondary N) is 1. The number of Topliss-reactive ketones (excluding diaryl/α,β-unsaturated/α-hetero) is 1. The molecule has 15 heteroatoms. The van der Waals surface area contributed by atoms with E-state index in [1.807, 2.05) is 7.05 Å². The van der Waals surface area contributed by atoms with Crippen molar-refractivity contribution in [2.45, 2.75) is 97.6 Å². The number of aliphatic hydroxyl groups excluding tert-OH is 2. The van der Waals surface area contributed by atoms with Crippen molar-refractivity contribution in [3.63, 3.8) is 0 Å². The van der Waals surface area contributed by atoms with Gasteiger partial charge in [-0.3, -0.25) is 24.4 Å². The Morgan fingerprint density at radius 2 is 1.71 bits per heavy atom. The number of rotatable bonds is 2. The number of likely N-dealkylation sites (tertiary alicyclic amines) is 1. The van der Waals surface area contributed by atoms with Gasteiger partial charge in [0.25, 0.3) is 11.7 Å². The van der Waals surface area contributed by atoms with Crippen molar-refractivity contribution in [3.05, 3.63) is 58.0 Å². The van der Waals surface area contributed by atoms with Gasteiger partial charge in [0.1, 0.15) is 28.6 Å². The van der Waals surface area contributed by atoms with Gasteiger partial charge < -0.3 is 49.6 Å². The second kappa shape index (κ2) is 16.1. The van der Waals surface area contributed by atoms with Crippen LogP contribution in [0.5, 0.6) is 17.2 Å². The summed E-state index contributed by atoms with van der Waals surface area (Å²) in [6.45, 7) is 14.4. The Morgan fingerprint density at radius 1 is 1.00 bits per heavy atom. The Labute approximate surface area is 337 Å². The quantitative estimate of drug-likeness (QED) is 0.219. The standard InChI is InChI=1S/C43H56N4O11/c1-20-12-11-13-21(2)41(54)45-33-32-31(46-43(18-44-32)15-16-47(9)19-43)28-29(37(33)52)36(51)25(6)39-30(28)40(53)42(8,58-39)56-17-14-27(55-10)22(3)38(57-26(7)48)24(5)35(50)23(4)34(20)49/h11-14,17,20,22-24,27,34-35,38,49-52H,15-16,18-19H2,1-10H3,(H,45,54)/b12-11+,17-14+,21-13+/t20-,22?,23-,24+,27+,34+,35-,38+,42-,43?/m0/s1. The predicted octanol–water partition coefficient (Wildman–Crippen LogP) is 3.38. The predicted molar refractivity (Wildman–Crippen MR) is 214 cm³/mol. The van der Waals surface area contributed by atoms with Crippen molar-refractivity contribution in [1.29, 1.82) is 0 Å². The Hall–Kier alpha value is -4.83. The number of methoxy groups -OCH3 is 1. The van der Waals surface area contributed by atoms with Gasteiger partial charge in [-0.2, -0.15) is 0 Å². The number of carbonyl (C=O) groups excluding carboxylic acids is 3. The molecule has 314 valence electrons. The molecular formula is C43H56N4O11. The summed E-state index contributed by atoms with van der Waals surface area (Å²) in [5.74, 6) is -6.92. The molecule has 6 rings (SSSR count). The lowest BCUT2D eigenvalue weighted by Gasteiger charge is -2.38. The molecular weight excluding hydrogens is 748 g/mol. The van der Waals surface area contributed by atoms with Gasteiger partial charge in [-0.05, 0) is 33.4 Å². The minimum Gasteiger partial charge on any atom is -0.507 e. The highest BCUT2D eigenvalue weighted by molar-refractivity contribution is 6.19. The zero-order valence-electron chi connectivity index (χ0n) is 34.8. The number of amides is 1. The maximum absolute atomic E-state index is 14.7. The number of aliphatic hydroxyl groups is 2. The minimum atomic E-state index is -1.96. The Morgan fingerprint density at radius 3 is 2.34 bits per heavy atom. The number of nitrogens with zero attached hydrogens (tertiary/aromatic N) is 3. The summed E-state index contributed by atoms with van der Waals surface area (Å²) in [6.07, 6.45) is 4.59. The third kappa shape index (κ3) is 7.49. The molecule has 4 aliphatic heterocycles. The average molecular weight is 805 g/mol. The van der Waals surface area contributed by atoms with Crippen LogP contribution >= 0.6 is 0 Å². The average Bonchev–Trinajstić information content (AvgIpc) is 3.67. The van der Waals surface area contributed by atoms with Gasteiger partial charge in [-0.1, -0.05) is 45.9 Å². The van der Waals surface area contributed by atoms with Crippen LogP contribution in [0.4, 0.5) is 5.69 Å². The summed E-state index contributed by atoms with van der Waals surface area (Å²) in [4.78, 5) is 53.0. The molecule has 2 aromatic carbocycles.